The van der Waals surface area contributed by atoms with Crippen molar-refractivity contribution in [2.24, 2.45) is 0 Å². The van der Waals surface area contributed by atoms with Crippen LogP contribution in [0.4, 0.5) is 4.79 Å². The van der Waals surface area contributed by atoms with Gasteiger partial charge in [0.15, 0.2) is 0 Å². The molecular formula is C14H20N2O3. The van der Waals surface area contributed by atoms with Crippen molar-refractivity contribution in [1.82, 2.24) is 10.2 Å². The van der Waals surface area contributed by atoms with Crippen molar-refractivity contribution < 1.29 is 14.3 Å². The van der Waals surface area contributed by atoms with Crippen molar-refractivity contribution in [2.75, 3.05) is 20.2 Å². The van der Waals surface area contributed by atoms with Crippen LogP contribution in [-0.2, 0) is 16.1 Å². The van der Waals surface area contributed by atoms with Crippen LogP contribution in [-0.4, -0.2) is 37.1 Å². The second-order valence-electron chi connectivity index (χ2n) is 4.31. The van der Waals surface area contributed by atoms with Gasteiger partial charge in [-0.25, -0.2) is 4.79 Å². The molecule has 0 fully saturated rings. The third-order valence-electron chi connectivity index (χ3n) is 2.54. The number of carbonyl (C=O) groups is 2. The molecule has 104 valence electrons. The highest BCUT2D eigenvalue weighted by atomic mass is 16.5. The standard InChI is InChI=1S/C14H20N2O3/c1-4-19-13(17)9-15-14(18)16(3)10-12-7-5-6-11(2)8-12/h5-8H,4,9-10H2,1-3H3,(H,15,18). The summed E-state index contributed by atoms with van der Waals surface area (Å²) in [6.45, 7) is 4.43. The smallest absolute Gasteiger partial charge is 0.325 e. The summed E-state index contributed by atoms with van der Waals surface area (Å²) in [5, 5.41) is 2.51. The van der Waals surface area contributed by atoms with E-state index < -0.39 is 5.97 Å². The first-order valence-electron chi connectivity index (χ1n) is 6.23. The third-order valence-corrected chi connectivity index (χ3v) is 2.54. The lowest BCUT2D eigenvalue weighted by atomic mass is 10.1. The zero-order valence-electron chi connectivity index (χ0n) is 11.6. The van der Waals surface area contributed by atoms with E-state index in [4.69, 9.17) is 4.74 Å². The fourth-order valence-electron chi connectivity index (χ4n) is 1.65. The Kier molecular flexibility index (Phi) is 5.85. The van der Waals surface area contributed by atoms with Gasteiger partial charge in [-0.2, -0.15) is 0 Å². The van der Waals surface area contributed by atoms with E-state index in [1.807, 2.05) is 31.2 Å². The molecule has 1 aromatic carbocycles. The highest BCUT2D eigenvalue weighted by Gasteiger charge is 2.10. The van der Waals surface area contributed by atoms with Crippen LogP contribution >= 0.6 is 0 Å². The largest absolute Gasteiger partial charge is 0.465 e. The number of urea groups is 1. The average molecular weight is 264 g/mol. The van der Waals surface area contributed by atoms with Gasteiger partial charge in [0, 0.05) is 13.6 Å². The number of nitrogens with one attached hydrogen (secondary N) is 1. The Hall–Kier alpha value is -2.04. The number of amides is 2. The molecule has 0 heterocycles. The maximum absolute atomic E-state index is 11.7. The van der Waals surface area contributed by atoms with E-state index in [1.54, 1.807) is 14.0 Å². The molecule has 0 unspecified atom stereocenters. The number of nitrogens with zero attached hydrogens (tertiary/aromatic N) is 1. The highest BCUT2D eigenvalue weighted by Crippen LogP contribution is 2.06. The Bertz CT molecular complexity index is 446. The van der Waals surface area contributed by atoms with Gasteiger partial charge in [-0.05, 0) is 19.4 Å². The van der Waals surface area contributed by atoms with E-state index in [0.717, 1.165) is 11.1 Å². The van der Waals surface area contributed by atoms with Gasteiger partial charge in [0.1, 0.15) is 6.54 Å². The lowest BCUT2D eigenvalue weighted by Crippen LogP contribution is -2.39. The number of hydrogen-bond acceptors (Lipinski definition) is 3. The SMILES string of the molecule is CCOC(=O)CNC(=O)N(C)Cc1cccc(C)c1. The van der Waals surface area contributed by atoms with Crippen LogP contribution in [0.15, 0.2) is 24.3 Å². The van der Waals surface area contributed by atoms with E-state index in [2.05, 4.69) is 5.32 Å². The summed E-state index contributed by atoms with van der Waals surface area (Å²) in [6.07, 6.45) is 0. The molecule has 0 spiro atoms. The summed E-state index contributed by atoms with van der Waals surface area (Å²) in [4.78, 5) is 24.4. The minimum atomic E-state index is -0.431. The lowest BCUT2D eigenvalue weighted by Gasteiger charge is -2.18. The molecule has 1 N–H and O–H groups in total. The van der Waals surface area contributed by atoms with Gasteiger partial charge in [-0.3, -0.25) is 4.79 Å². The van der Waals surface area contributed by atoms with Crippen molar-refractivity contribution in [2.45, 2.75) is 20.4 Å². The molecular weight excluding hydrogens is 244 g/mol. The predicted octanol–water partition coefficient (Wildman–Crippen LogP) is 1.70. The maximum Gasteiger partial charge on any atom is 0.325 e. The van der Waals surface area contributed by atoms with Crippen molar-refractivity contribution >= 4 is 12.0 Å². The molecule has 5 heteroatoms. The summed E-state index contributed by atoms with van der Waals surface area (Å²) in [6, 6.07) is 7.64. The fourth-order valence-corrected chi connectivity index (χ4v) is 1.65. The number of hydrogen-bond donors (Lipinski definition) is 1. The van der Waals surface area contributed by atoms with Crippen LogP contribution < -0.4 is 5.32 Å². The van der Waals surface area contributed by atoms with E-state index in [1.165, 1.54) is 4.90 Å². The van der Waals surface area contributed by atoms with Crippen molar-refractivity contribution in [3.8, 4) is 0 Å². The van der Waals surface area contributed by atoms with Crippen LogP contribution in [0.5, 0.6) is 0 Å². The lowest BCUT2D eigenvalue weighted by molar-refractivity contribution is -0.141. The van der Waals surface area contributed by atoms with Crippen LogP contribution in [0.1, 0.15) is 18.1 Å². The Morgan fingerprint density at radius 1 is 1.37 bits per heavy atom. The van der Waals surface area contributed by atoms with Gasteiger partial charge < -0.3 is 15.0 Å². The van der Waals surface area contributed by atoms with Crippen molar-refractivity contribution in [1.29, 1.82) is 0 Å². The minimum Gasteiger partial charge on any atom is -0.465 e. The zero-order chi connectivity index (χ0) is 14.3. The molecule has 1 rings (SSSR count). The molecule has 0 saturated carbocycles. The minimum absolute atomic E-state index is 0.106. The Labute approximate surface area is 113 Å². The topological polar surface area (TPSA) is 58.6 Å². The van der Waals surface area contributed by atoms with Crippen LogP contribution in [0, 0.1) is 6.92 Å². The predicted molar refractivity (Wildman–Crippen MR) is 72.7 cm³/mol. The first-order chi connectivity index (χ1) is 9.02. The monoisotopic (exact) mass is 264 g/mol. The molecule has 0 aliphatic heterocycles. The Balaban J connectivity index is 2.42. The quantitative estimate of drug-likeness (QED) is 0.823. The van der Waals surface area contributed by atoms with Crippen molar-refractivity contribution in [3.05, 3.63) is 35.4 Å². The van der Waals surface area contributed by atoms with Gasteiger partial charge in [0.25, 0.3) is 0 Å². The van der Waals surface area contributed by atoms with E-state index in [0.29, 0.717) is 13.2 Å². The average Bonchev–Trinajstić information content (AvgIpc) is 2.36. The van der Waals surface area contributed by atoms with E-state index >= 15 is 0 Å². The third kappa shape index (κ3) is 5.42. The first-order valence-corrected chi connectivity index (χ1v) is 6.23. The Morgan fingerprint density at radius 3 is 2.74 bits per heavy atom. The highest BCUT2D eigenvalue weighted by molar-refractivity contribution is 5.80. The van der Waals surface area contributed by atoms with Crippen LogP contribution in [0.3, 0.4) is 0 Å². The fraction of sp³-hybridized carbons (Fsp3) is 0.429. The molecule has 1 aromatic rings. The second-order valence-corrected chi connectivity index (χ2v) is 4.31. The molecule has 2 amide bonds. The van der Waals surface area contributed by atoms with Gasteiger partial charge in [-0.15, -0.1) is 0 Å². The molecule has 0 aromatic heterocycles. The summed E-state index contributed by atoms with van der Waals surface area (Å²) in [5.74, 6) is -0.431. The first kappa shape index (κ1) is 15.0. The zero-order valence-corrected chi connectivity index (χ0v) is 11.6. The molecule has 0 saturated heterocycles. The van der Waals surface area contributed by atoms with Crippen LogP contribution in [0.25, 0.3) is 0 Å². The summed E-state index contributed by atoms with van der Waals surface area (Å²) < 4.78 is 4.73. The van der Waals surface area contributed by atoms with Gasteiger partial charge >= 0.3 is 12.0 Å². The number of aryl methyl sites for hydroxylation is 1. The maximum atomic E-state index is 11.7. The molecule has 0 bridgehead atoms. The van der Waals surface area contributed by atoms with Gasteiger partial charge in [-0.1, -0.05) is 29.8 Å². The molecule has 0 radical (unpaired) electrons. The van der Waals surface area contributed by atoms with E-state index in [-0.39, 0.29) is 12.6 Å². The molecule has 19 heavy (non-hydrogen) atoms. The Morgan fingerprint density at radius 2 is 2.11 bits per heavy atom. The molecule has 0 atom stereocenters. The number of esters is 1. The number of rotatable bonds is 5. The summed E-state index contributed by atoms with van der Waals surface area (Å²) in [7, 11) is 1.68. The van der Waals surface area contributed by atoms with Crippen molar-refractivity contribution in [3.63, 3.8) is 0 Å². The second kappa shape index (κ2) is 7.41. The van der Waals surface area contributed by atoms with Gasteiger partial charge in [0.05, 0.1) is 6.61 Å². The summed E-state index contributed by atoms with van der Waals surface area (Å²) in [5.41, 5.74) is 2.20. The molecule has 0 aliphatic carbocycles. The number of carbonyl (C=O) groups excluding carboxylic acids is 2. The van der Waals surface area contributed by atoms with Gasteiger partial charge in [0.2, 0.25) is 0 Å². The van der Waals surface area contributed by atoms with E-state index in [9.17, 15) is 9.59 Å². The molecule has 0 aliphatic rings. The van der Waals surface area contributed by atoms with Crippen LogP contribution in [0.2, 0.25) is 0 Å². The number of benzene rings is 1. The number of ether oxygens (including phenoxy) is 1. The molecule has 5 nitrogen and oxygen atoms in total. The normalized spacial score (nSPS) is 9.84. The summed E-state index contributed by atoms with van der Waals surface area (Å²) >= 11 is 0.